The van der Waals surface area contributed by atoms with E-state index in [1.54, 1.807) is 54.6 Å². The Morgan fingerprint density at radius 2 is 1.49 bits per heavy atom. The molecule has 0 radical (unpaired) electrons. The zero-order valence-electron chi connectivity index (χ0n) is 18.4. The fourth-order valence-corrected chi connectivity index (χ4v) is 5.70. The number of rotatable bonds is 3. The highest BCUT2D eigenvalue weighted by Crippen LogP contribution is 2.58. The van der Waals surface area contributed by atoms with Gasteiger partial charge >= 0.3 is 0 Å². The van der Waals surface area contributed by atoms with Crippen molar-refractivity contribution < 1.29 is 28.7 Å². The number of amides is 2. The van der Waals surface area contributed by atoms with E-state index in [0.717, 1.165) is 4.90 Å². The summed E-state index contributed by atoms with van der Waals surface area (Å²) < 4.78 is 11.6. The van der Waals surface area contributed by atoms with Crippen LogP contribution in [0.4, 0.5) is 5.69 Å². The van der Waals surface area contributed by atoms with E-state index in [-0.39, 0.29) is 22.6 Å². The number of fused-ring (bicyclic) bond motifs is 3. The van der Waals surface area contributed by atoms with Crippen molar-refractivity contribution >= 4 is 40.7 Å². The molecule has 2 amide bonds. The lowest BCUT2D eigenvalue weighted by Crippen LogP contribution is -2.51. The normalized spacial score (nSPS) is 24.3. The topological polar surface area (TPSA) is 90.0 Å². The minimum Gasteiger partial charge on any atom is -0.495 e. The van der Waals surface area contributed by atoms with Gasteiger partial charge in [-0.3, -0.25) is 19.2 Å². The number of nitrogens with zero attached hydrogens (tertiary/aromatic N) is 1. The Labute approximate surface area is 205 Å². The lowest BCUT2D eigenvalue weighted by molar-refractivity contribution is -0.127. The van der Waals surface area contributed by atoms with Crippen molar-refractivity contribution in [2.75, 3.05) is 12.0 Å². The van der Waals surface area contributed by atoms with Gasteiger partial charge in [0.1, 0.15) is 5.75 Å². The maximum Gasteiger partial charge on any atom is 0.241 e. The third-order valence-electron chi connectivity index (χ3n) is 7.03. The summed E-state index contributed by atoms with van der Waals surface area (Å²) in [4.78, 5) is 56.3. The summed E-state index contributed by atoms with van der Waals surface area (Å²) in [5.41, 5.74) is -1.01. The Bertz CT molecular complexity index is 1400. The summed E-state index contributed by atoms with van der Waals surface area (Å²) in [6.45, 7) is 0. The molecule has 1 spiro atoms. The first-order chi connectivity index (χ1) is 16.9. The smallest absolute Gasteiger partial charge is 0.241 e. The summed E-state index contributed by atoms with van der Waals surface area (Å²) >= 11 is 6.18. The molecule has 0 aromatic heterocycles. The van der Waals surface area contributed by atoms with Crippen molar-refractivity contribution in [2.45, 2.75) is 11.7 Å². The van der Waals surface area contributed by atoms with Gasteiger partial charge in [-0.25, -0.2) is 4.90 Å². The molecule has 8 heteroatoms. The van der Waals surface area contributed by atoms with Gasteiger partial charge in [-0.1, -0.05) is 66.2 Å². The lowest BCUT2D eigenvalue weighted by atomic mass is 9.77. The Balaban J connectivity index is 1.56. The SMILES string of the molecule is COc1ccc(Cl)cc1N1C(=O)[C@H]2[C@@H](C1=O)C1(O[C@H]2c2ccccc2)C(=O)c2ccccc2C1=O. The van der Waals surface area contributed by atoms with E-state index in [2.05, 4.69) is 0 Å². The summed E-state index contributed by atoms with van der Waals surface area (Å²) in [7, 11) is 1.41. The Morgan fingerprint density at radius 3 is 2.11 bits per heavy atom. The largest absolute Gasteiger partial charge is 0.495 e. The number of ether oxygens (including phenoxy) is 2. The molecule has 3 atom stereocenters. The van der Waals surface area contributed by atoms with Gasteiger partial charge in [0.2, 0.25) is 29.0 Å². The van der Waals surface area contributed by atoms with Crippen LogP contribution in [0.2, 0.25) is 5.02 Å². The second-order valence-electron chi connectivity index (χ2n) is 8.72. The molecule has 2 aliphatic heterocycles. The van der Waals surface area contributed by atoms with Gasteiger partial charge in [-0.15, -0.1) is 0 Å². The van der Waals surface area contributed by atoms with Crippen LogP contribution in [-0.4, -0.2) is 36.1 Å². The number of ketones is 2. The van der Waals surface area contributed by atoms with Crippen molar-refractivity contribution in [3.8, 4) is 5.75 Å². The van der Waals surface area contributed by atoms with Crippen LogP contribution in [0.1, 0.15) is 32.4 Å². The number of imide groups is 1. The highest BCUT2D eigenvalue weighted by atomic mass is 35.5. The van der Waals surface area contributed by atoms with E-state index in [1.165, 1.54) is 25.3 Å². The number of hydrogen-bond donors (Lipinski definition) is 0. The molecule has 3 aliphatic rings. The van der Waals surface area contributed by atoms with Crippen LogP contribution < -0.4 is 9.64 Å². The van der Waals surface area contributed by atoms with Crippen LogP contribution >= 0.6 is 11.6 Å². The summed E-state index contributed by atoms with van der Waals surface area (Å²) in [5, 5.41) is 0.296. The third kappa shape index (κ3) is 2.76. The highest BCUT2D eigenvalue weighted by molar-refractivity contribution is 6.37. The maximum absolute atomic E-state index is 14.0. The predicted octanol–water partition coefficient (Wildman–Crippen LogP) is 4.04. The molecule has 2 fully saturated rings. The van der Waals surface area contributed by atoms with Crippen molar-refractivity contribution in [3.05, 3.63) is 94.5 Å². The van der Waals surface area contributed by atoms with Crippen molar-refractivity contribution in [1.29, 1.82) is 0 Å². The molecule has 0 saturated carbocycles. The average molecular weight is 488 g/mol. The first-order valence-electron chi connectivity index (χ1n) is 11.0. The minimum absolute atomic E-state index is 0.154. The standard InChI is InChI=1S/C27H18ClNO6/c1-34-19-12-11-15(28)13-18(19)29-25(32)20-21(26(29)33)27(35-22(20)14-7-3-2-4-8-14)23(30)16-9-5-6-10-17(16)24(27)31/h2-13,20-22H,1H3/t20-,21-,22-/m0/s1. The van der Waals surface area contributed by atoms with Crippen molar-refractivity contribution in [3.63, 3.8) is 0 Å². The Kier molecular flexibility index (Phi) is 4.71. The van der Waals surface area contributed by atoms with E-state index in [4.69, 9.17) is 21.1 Å². The van der Waals surface area contributed by atoms with Crippen LogP contribution in [0, 0.1) is 11.8 Å². The van der Waals surface area contributed by atoms with Crippen molar-refractivity contribution in [2.24, 2.45) is 11.8 Å². The molecule has 3 aromatic rings. The molecule has 7 nitrogen and oxygen atoms in total. The van der Waals surface area contributed by atoms with Crippen molar-refractivity contribution in [1.82, 2.24) is 0 Å². The first-order valence-corrected chi connectivity index (χ1v) is 11.4. The zero-order chi connectivity index (χ0) is 24.5. The van der Waals surface area contributed by atoms with E-state index < -0.39 is 46.9 Å². The van der Waals surface area contributed by atoms with Gasteiger partial charge in [0.15, 0.2) is 0 Å². The molecule has 3 aromatic carbocycles. The van der Waals surface area contributed by atoms with E-state index in [1.807, 2.05) is 0 Å². The molecule has 174 valence electrons. The molecule has 1 aliphatic carbocycles. The highest BCUT2D eigenvalue weighted by Gasteiger charge is 2.74. The van der Waals surface area contributed by atoms with E-state index in [0.29, 0.717) is 10.6 Å². The molecule has 0 unspecified atom stereocenters. The van der Waals surface area contributed by atoms with Crippen LogP contribution in [0.3, 0.4) is 0 Å². The second-order valence-corrected chi connectivity index (χ2v) is 9.16. The van der Waals surface area contributed by atoms with Crippen LogP contribution in [0.25, 0.3) is 0 Å². The molecule has 6 rings (SSSR count). The van der Waals surface area contributed by atoms with Gasteiger partial charge in [-0.05, 0) is 23.8 Å². The minimum atomic E-state index is -2.12. The third-order valence-corrected chi connectivity index (χ3v) is 7.26. The van der Waals surface area contributed by atoms with Gasteiger partial charge < -0.3 is 9.47 Å². The molecule has 0 N–H and O–H groups in total. The van der Waals surface area contributed by atoms with Gasteiger partial charge in [-0.2, -0.15) is 0 Å². The number of Topliss-reactive ketones (excluding diaryl/α,β-unsaturated/α-hetero) is 2. The zero-order valence-corrected chi connectivity index (χ0v) is 19.2. The van der Waals surface area contributed by atoms with E-state index >= 15 is 0 Å². The number of hydrogen-bond acceptors (Lipinski definition) is 6. The number of methoxy groups -OCH3 is 1. The van der Waals surface area contributed by atoms with Crippen LogP contribution in [0.15, 0.2) is 72.8 Å². The first kappa shape index (κ1) is 21.7. The number of carbonyl (C=O) groups excluding carboxylic acids is 4. The summed E-state index contributed by atoms with van der Waals surface area (Å²) in [5.74, 6) is -4.65. The second kappa shape index (κ2) is 7.60. The number of anilines is 1. The maximum atomic E-state index is 14.0. The molecule has 2 saturated heterocycles. The fourth-order valence-electron chi connectivity index (χ4n) is 5.54. The summed E-state index contributed by atoms with van der Waals surface area (Å²) in [6, 6.07) is 19.8. The van der Waals surface area contributed by atoms with Gasteiger partial charge in [0.05, 0.1) is 30.7 Å². The van der Waals surface area contributed by atoms with E-state index in [9.17, 15) is 19.2 Å². The Hall–Kier alpha value is -3.81. The predicted molar refractivity (Wildman–Crippen MR) is 126 cm³/mol. The number of benzene rings is 3. The molecule has 35 heavy (non-hydrogen) atoms. The average Bonchev–Trinajstić information content (AvgIpc) is 3.44. The molecule has 2 heterocycles. The quantitative estimate of drug-likeness (QED) is 0.409. The molecular weight excluding hydrogens is 470 g/mol. The summed E-state index contributed by atoms with van der Waals surface area (Å²) in [6.07, 6.45) is -0.977. The van der Waals surface area contributed by atoms with Crippen LogP contribution in [-0.2, 0) is 14.3 Å². The van der Waals surface area contributed by atoms with Gasteiger partial charge in [0.25, 0.3) is 0 Å². The Morgan fingerprint density at radius 1 is 0.857 bits per heavy atom. The number of carbonyl (C=O) groups is 4. The van der Waals surface area contributed by atoms with Crippen LogP contribution in [0.5, 0.6) is 5.75 Å². The monoisotopic (exact) mass is 487 g/mol. The number of halogens is 1. The molecule has 0 bridgehead atoms. The molecular formula is C27H18ClNO6. The fraction of sp³-hybridized carbons (Fsp3) is 0.185. The van der Waals surface area contributed by atoms with Gasteiger partial charge in [0, 0.05) is 16.1 Å². The lowest BCUT2D eigenvalue weighted by Gasteiger charge is -2.27.